The summed E-state index contributed by atoms with van der Waals surface area (Å²) in [7, 11) is -3.57. The minimum absolute atomic E-state index is 0.146. The van der Waals surface area contributed by atoms with Crippen molar-refractivity contribution < 1.29 is 17.9 Å². The van der Waals surface area contributed by atoms with Crippen molar-refractivity contribution in [1.82, 2.24) is 4.31 Å². The van der Waals surface area contributed by atoms with Gasteiger partial charge in [-0.05, 0) is 31.9 Å². The number of rotatable bonds is 3. The van der Waals surface area contributed by atoms with Gasteiger partial charge in [-0.25, -0.2) is 8.42 Å². The van der Waals surface area contributed by atoms with Gasteiger partial charge in [-0.3, -0.25) is 0 Å². The maximum absolute atomic E-state index is 13.0. The molecule has 0 aromatic heterocycles. The van der Waals surface area contributed by atoms with Crippen molar-refractivity contribution in [2.75, 3.05) is 19.8 Å². The van der Waals surface area contributed by atoms with Gasteiger partial charge in [0.15, 0.2) is 11.5 Å². The van der Waals surface area contributed by atoms with Crippen LogP contribution in [0.5, 0.6) is 11.5 Å². The summed E-state index contributed by atoms with van der Waals surface area (Å²) >= 11 is 0. The Morgan fingerprint density at radius 1 is 1.23 bits per heavy atom. The van der Waals surface area contributed by atoms with Gasteiger partial charge in [-0.2, -0.15) is 4.31 Å². The van der Waals surface area contributed by atoms with Crippen LogP contribution in [0.1, 0.15) is 26.2 Å². The van der Waals surface area contributed by atoms with Gasteiger partial charge in [-0.15, -0.1) is 0 Å². The molecule has 2 N–H and O–H groups in total. The number of ether oxygens (including phenoxy) is 2. The van der Waals surface area contributed by atoms with E-state index in [0.717, 1.165) is 19.3 Å². The Morgan fingerprint density at radius 2 is 1.95 bits per heavy atom. The lowest BCUT2D eigenvalue weighted by Gasteiger charge is -2.37. The highest BCUT2D eigenvalue weighted by Gasteiger charge is 2.35. The molecule has 7 heteroatoms. The molecule has 2 unspecified atom stereocenters. The molecule has 1 aromatic rings. The Labute approximate surface area is 131 Å². The van der Waals surface area contributed by atoms with E-state index in [9.17, 15) is 8.42 Å². The van der Waals surface area contributed by atoms with Crippen LogP contribution >= 0.6 is 0 Å². The second kappa shape index (κ2) is 6.06. The zero-order valence-electron chi connectivity index (χ0n) is 12.7. The monoisotopic (exact) mass is 326 g/mol. The minimum atomic E-state index is -3.57. The van der Waals surface area contributed by atoms with Crippen molar-refractivity contribution in [2.24, 2.45) is 5.73 Å². The maximum Gasteiger partial charge on any atom is 0.243 e. The average molecular weight is 326 g/mol. The highest BCUT2D eigenvalue weighted by Crippen LogP contribution is 2.34. The molecule has 2 aliphatic rings. The summed E-state index contributed by atoms with van der Waals surface area (Å²) in [4.78, 5) is 0.240. The Morgan fingerprint density at radius 3 is 2.68 bits per heavy atom. The molecule has 0 aliphatic carbocycles. The molecule has 3 rings (SSSR count). The summed E-state index contributed by atoms with van der Waals surface area (Å²) in [6, 6.07) is 4.46. The number of nitrogens with zero attached hydrogens (tertiary/aromatic N) is 1. The van der Waals surface area contributed by atoms with Crippen molar-refractivity contribution in [3.63, 3.8) is 0 Å². The van der Waals surface area contributed by atoms with Gasteiger partial charge in [-0.1, -0.05) is 6.42 Å². The van der Waals surface area contributed by atoms with Crippen molar-refractivity contribution >= 4 is 10.0 Å². The van der Waals surface area contributed by atoms with Crippen molar-refractivity contribution in [1.29, 1.82) is 0 Å². The van der Waals surface area contributed by atoms with Crippen LogP contribution in [-0.2, 0) is 10.0 Å². The summed E-state index contributed by atoms with van der Waals surface area (Å²) in [5.74, 6) is 1.08. The third-order valence-electron chi connectivity index (χ3n) is 4.23. The summed E-state index contributed by atoms with van der Waals surface area (Å²) in [6.07, 6.45) is 2.69. The molecular formula is C15H22N2O4S. The predicted molar refractivity (Wildman–Crippen MR) is 82.6 cm³/mol. The number of benzene rings is 1. The molecule has 1 saturated heterocycles. The van der Waals surface area contributed by atoms with Gasteiger partial charge < -0.3 is 15.2 Å². The summed E-state index contributed by atoms with van der Waals surface area (Å²) < 4.78 is 38.4. The smallest absolute Gasteiger partial charge is 0.243 e. The SMILES string of the molecule is CC(N)C1CCCCN1S(=O)(=O)c1ccc2c(c1)OCCO2. The quantitative estimate of drug-likeness (QED) is 0.906. The van der Waals surface area contributed by atoms with E-state index in [4.69, 9.17) is 15.2 Å². The third kappa shape index (κ3) is 2.80. The average Bonchev–Trinajstić information content (AvgIpc) is 2.54. The zero-order valence-corrected chi connectivity index (χ0v) is 13.5. The normalized spacial score (nSPS) is 24.0. The van der Waals surface area contributed by atoms with Crippen molar-refractivity contribution in [2.45, 2.75) is 43.2 Å². The van der Waals surface area contributed by atoms with Crippen LogP contribution in [-0.4, -0.2) is 44.6 Å². The summed E-state index contributed by atoms with van der Waals surface area (Å²) in [6.45, 7) is 3.30. The van der Waals surface area contributed by atoms with Crippen LogP contribution in [0.25, 0.3) is 0 Å². The largest absolute Gasteiger partial charge is 0.486 e. The Balaban J connectivity index is 1.94. The van der Waals surface area contributed by atoms with E-state index < -0.39 is 10.0 Å². The molecular weight excluding hydrogens is 304 g/mol. The number of piperidine rings is 1. The highest BCUT2D eigenvalue weighted by atomic mass is 32.2. The minimum Gasteiger partial charge on any atom is -0.486 e. The fraction of sp³-hybridized carbons (Fsp3) is 0.600. The van der Waals surface area contributed by atoms with Crippen LogP contribution < -0.4 is 15.2 Å². The van der Waals surface area contributed by atoms with E-state index in [0.29, 0.717) is 31.3 Å². The van der Waals surface area contributed by atoms with Gasteiger partial charge >= 0.3 is 0 Å². The molecule has 2 aliphatic heterocycles. The number of nitrogens with two attached hydrogens (primary N) is 1. The van der Waals surface area contributed by atoms with E-state index in [1.54, 1.807) is 22.5 Å². The van der Waals surface area contributed by atoms with E-state index in [-0.39, 0.29) is 17.0 Å². The van der Waals surface area contributed by atoms with E-state index in [1.807, 2.05) is 6.92 Å². The third-order valence-corrected chi connectivity index (χ3v) is 6.15. The molecule has 122 valence electrons. The molecule has 2 atom stereocenters. The first kappa shape index (κ1) is 15.6. The fourth-order valence-electron chi connectivity index (χ4n) is 3.07. The Kier molecular flexibility index (Phi) is 4.29. The van der Waals surface area contributed by atoms with Crippen molar-refractivity contribution in [3.8, 4) is 11.5 Å². The maximum atomic E-state index is 13.0. The lowest BCUT2D eigenvalue weighted by Crippen LogP contribution is -2.51. The first-order chi connectivity index (χ1) is 10.5. The molecule has 1 aromatic carbocycles. The molecule has 0 amide bonds. The van der Waals surface area contributed by atoms with E-state index >= 15 is 0 Å². The first-order valence-corrected chi connectivity index (χ1v) is 9.11. The van der Waals surface area contributed by atoms with Gasteiger partial charge in [0.05, 0.1) is 4.90 Å². The fourth-order valence-corrected chi connectivity index (χ4v) is 4.86. The second-order valence-electron chi connectivity index (χ2n) is 5.84. The molecule has 0 spiro atoms. The van der Waals surface area contributed by atoms with Crippen LogP contribution in [0.2, 0.25) is 0 Å². The molecule has 1 fully saturated rings. The number of fused-ring (bicyclic) bond motifs is 1. The molecule has 6 nitrogen and oxygen atoms in total. The number of sulfonamides is 1. The van der Waals surface area contributed by atoms with Gasteiger partial charge in [0.2, 0.25) is 10.0 Å². The van der Waals surface area contributed by atoms with Gasteiger partial charge in [0.25, 0.3) is 0 Å². The van der Waals surface area contributed by atoms with Crippen LogP contribution in [0, 0.1) is 0 Å². The van der Waals surface area contributed by atoms with Gasteiger partial charge in [0.1, 0.15) is 13.2 Å². The molecule has 2 heterocycles. The second-order valence-corrected chi connectivity index (χ2v) is 7.73. The lowest BCUT2D eigenvalue weighted by atomic mass is 10.00. The Bertz CT molecular complexity index is 645. The molecule has 0 saturated carbocycles. The molecule has 22 heavy (non-hydrogen) atoms. The van der Waals surface area contributed by atoms with E-state index in [2.05, 4.69) is 0 Å². The van der Waals surface area contributed by atoms with Crippen molar-refractivity contribution in [3.05, 3.63) is 18.2 Å². The predicted octanol–water partition coefficient (Wildman–Crippen LogP) is 1.35. The zero-order chi connectivity index (χ0) is 15.7. The van der Waals surface area contributed by atoms with Crippen LogP contribution in [0.3, 0.4) is 0 Å². The van der Waals surface area contributed by atoms with Crippen LogP contribution in [0.4, 0.5) is 0 Å². The molecule has 0 bridgehead atoms. The van der Waals surface area contributed by atoms with Crippen LogP contribution in [0.15, 0.2) is 23.1 Å². The lowest BCUT2D eigenvalue weighted by molar-refractivity contribution is 0.171. The first-order valence-electron chi connectivity index (χ1n) is 7.67. The summed E-state index contributed by atoms with van der Waals surface area (Å²) in [5, 5.41) is 0. The van der Waals surface area contributed by atoms with Gasteiger partial charge in [0, 0.05) is 24.7 Å². The van der Waals surface area contributed by atoms with E-state index in [1.165, 1.54) is 0 Å². The standard InChI is InChI=1S/C15H22N2O4S/c1-11(16)13-4-2-3-7-17(13)22(18,19)12-5-6-14-15(10-12)21-9-8-20-14/h5-6,10-11,13H,2-4,7-9,16H2,1H3. The number of hydrogen-bond acceptors (Lipinski definition) is 5. The Hall–Kier alpha value is -1.31. The molecule has 0 radical (unpaired) electrons. The highest BCUT2D eigenvalue weighted by molar-refractivity contribution is 7.89. The topological polar surface area (TPSA) is 81.9 Å². The number of hydrogen-bond donors (Lipinski definition) is 1. The summed E-state index contributed by atoms with van der Waals surface area (Å²) in [5.41, 5.74) is 5.99.